The second-order valence-corrected chi connectivity index (χ2v) is 8.36. The smallest absolute Gasteiger partial charge is 0.284 e. The number of halogens is 2. The summed E-state index contributed by atoms with van der Waals surface area (Å²) in [5.74, 6) is 0.753. The van der Waals surface area contributed by atoms with Gasteiger partial charge in [-0.2, -0.15) is 10.2 Å². The molecule has 1 aliphatic rings. The first kappa shape index (κ1) is 20.4. The van der Waals surface area contributed by atoms with Crippen LogP contribution in [0.2, 0.25) is 0 Å². The fourth-order valence-electron chi connectivity index (χ4n) is 4.24. The highest BCUT2D eigenvalue weighted by molar-refractivity contribution is 6.08. The summed E-state index contributed by atoms with van der Waals surface area (Å²) in [6.07, 6.45) is 5.64. The Labute approximate surface area is 173 Å². The Balaban J connectivity index is 1.56. The Hall–Kier alpha value is -2.84. The first-order chi connectivity index (χ1) is 14.3. The van der Waals surface area contributed by atoms with Gasteiger partial charge in [-0.15, -0.1) is 0 Å². The van der Waals surface area contributed by atoms with E-state index in [0.29, 0.717) is 17.5 Å². The van der Waals surface area contributed by atoms with E-state index in [-0.39, 0.29) is 17.3 Å². The molecule has 1 N–H and O–H groups in total. The fourth-order valence-corrected chi connectivity index (χ4v) is 4.24. The Morgan fingerprint density at radius 1 is 1.23 bits per heavy atom. The number of hydrogen-bond donors (Lipinski definition) is 1. The van der Waals surface area contributed by atoms with Gasteiger partial charge in [0.15, 0.2) is 11.3 Å². The van der Waals surface area contributed by atoms with Crippen molar-refractivity contribution in [2.24, 2.45) is 11.8 Å². The zero-order valence-electron chi connectivity index (χ0n) is 17.3. The minimum atomic E-state index is -2.78. The van der Waals surface area contributed by atoms with Crippen LogP contribution in [0.3, 0.4) is 0 Å². The number of carbonyl (C=O) groups excluding carboxylic acids is 1. The average Bonchev–Trinajstić information content (AvgIpc) is 3.33. The molecule has 0 aromatic carbocycles. The molecule has 0 saturated heterocycles. The van der Waals surface area contributed by atoms with Crippen LogP contribution in [0.1, 0.15) is 73.7 Å². The topological polar surface area (TPSA) is 77.1 Å². The van der Waals surface area contributed by atoms with Crippen molar-refractivity contribution in [1.29, 1.82) is 0 Å². The van der Waals surface area contributed by atoms with E-state index in [1.807, 2.05) is 6.92 Å². The Morgan fingerprint density at radius 3 is 2.63 bits per heavy atom. The van der Waals surface area contributed by atoms with Crippen LogP contribution in [-0.2, 0) is 0 Å². The van der Waals surface area contributed by atoms with Crippen molar-refractivity contribution in [1.82, 2.24) is 24.4 Å². The van der Waals surface area contributed by atoms with Crippen LogP contribution in [0.15, 0.2) is 24.7 Å². The van der Waals surface area contributed by atoms with Crippen molar-refractivity contribution in [2.45, 2.75) is 58.9 Å². The molecule has 1 saturated carbocycles. The van der Waals surface area contributed by atoms with Gasteiger partial charge in [0.2, 0.25) is 0 Å². The number of aryl methyl sites for hydroxylation is 1. The fraction of sp³-hybridized carbons (Fsp3) is 0.524. The van der Waals surface area contributed by atoms with Crippen LogP contribution < -0.4 is 5.32 Å². The monoisotopic (exact) mass is 416 g/mol. The van der Waals surface area contributed by atoms with E-state index < -0.39 is 18.0 Å². The van der Waals surface area contributed by atoms with Crippen LogP contribution >= 0.6 is 0 Å². The highest BCUT2D eigenvalue weighted by Gasteiger charge is 2.28. The predicted molar refractivity (Wildman–Crippen MR) is 109 cm³/mol. The number of fused-ring (bicyclic) bond motifs is 1. The second kappa shape index (κ2) is 8.12. The van der Waals surface area contributed by atoms with Gasteiger partial charge < -0.3 is 5.32 Å². The molecule has 1 fully saturated rings. The zero-order valence-corrected chi connectivity index (χ0v) is 17.3. The first-order valence-corrected chi connectivity index (χ1v) is 10.3. The van der Waals surface area contributed by atoms with Gasteiger partial charge in [-0.25, -0.2) is 18.3 Å². The van der Waals surface area contributed by atoms with Gasteiger partial charge in [0.25, 0.3) is 12.3 Å². The summed E-state index contributed by atoms with van der Waals surface area (Å²) < 4.78 is 30.4. The summed E-state index contributed by atoms with van der Waals surface area (Å²) in [7, 11) is 0. The van der Waals surface area contributed by atoms with E-state index >= 15 is 0 Å². The van der Waals surface area contributed by atoms with E-state index in [0.717, 1.165) is 31.4 Å². The lowest BCUT2D eigenvalue weighted by atomic mass is 9.80. The molecule has 3 aromatic rings. The highest BCUT2D eigenvalue weighted by atomic mass is 19.3. The number of aromatic nitrogens is 5. The second-order valence-electron chi connectivity index (χ2n) is 8.36. The first-order valence-electron chi connectivity index (χ1n) is 10.3. The van der Waals surface area contributed by atoms with Crippen LogP contribution in [0.25, 0.3) is 5.65 Å². The van der Waals surface area contributed by atoms with Crippen molar-refractivity contribution in [3.05, 3.63) is 41.6 Å². The van der Waals surface area contributed by atoms with Crippen molar-refractivity contribution in [3.8, 4) is 0 Å². The van der Waals surface area contributed by atoms with Gasteiger partial charge in [0, 0.05) is 18.1 Å². The number of anilines is 1. The van der Waals surface area contributed by atoms with Crippen molar-refractivity contribution in [3.63, 3.8) is 0 Å². The highest BCUT2D eigenvalue weighted by Crippen LogP contribution is 2.37. The van der Waals surface area contributed by atoms with Gasteiger partial charge in [0.1, 0.15) is 5.56 Å². The molecule has 0 bridgehead atoms. The van der Waals surface area contributed by atoms with Crippen molar-refractivity contribution < 1.29 is 13.6 Å². The molecule has 0 aliphatic heterocycles. The molecule has 9 heteroatoms. The number of rotatable bonds is 5. The van der Waals surface area contributed by atoms with E-state index in [4.69, 9.17) is 0 Å². The average molecular weight is 416 g/mol. The third-order valence-corrected chi connectivity index (χ3v) is 6.11. The Bertz CT molecular complexity index is 1050. The molecule has 0 unspecified atom stereocenters. The molecule has 1 amide bonds. The van der Waals surface area contributed by atoms with E-state index in [9.17, 15) is 13.6 Å². The Kier molecular flexibility index (Phi) is 5.53. The van der Waals surface area contributed by atoms with E-state index in [1.54, 1.807) is 21.5 Å². The summed E-state index contributed by atoms with van der Waals surface area (Å²) in [5, 5.41) is 10.9. The van der Waals surface area contributed by atoms with Crippen LogP contribution in [-0.4, -0.2) is 30.3 Å². The molecule has 160 valence electrons. The summed E-state index contributed by atoms with van der Waals surface area (Å²) in [6, 6.07) is 1.85. The quantitative estimate of drug-likeness (QED) is 0.647. The van der Waals surface area contributed by atoms with Gasteiger partial charge >= 0.3 is 0 Å². The van der Waals surface area contributed by atoms with Crippen molar-refractivity contribution >= 4 is 17.2 Å². The number of nitrogens with zero attached hydrogens (tertiary/aromatic N) is 5. The van der Waals surface area contributed by atoms with E-state index in [2.05, 4.69) is 34.3 Å². The number of nitrogens with one attached hydrogen (secondary N) is 1. The maximum absolute atomic E-state index is 13.6. The minimum absolute atomic E-state index is 0.0352. The molecule has 1 aliphatic carbocycles. The largest absolute Gasteiger partial charge is 0.319 e. The lowest BCUT2D eigenvalue weighted by Gasteiger charge is -2.30. The molecule has 0 spiro atoms. The summed E-state index contributed by atoms with van der Waals surface area (Å²) >= 11 is 0. The Morgan fingerprint density at radius 2 is 1.97 bits per heavy atom. The summed E-state index contributed by atoms with van der Waals surface area (Å²) in [6.45, 7) is 6.28. The summed E-state index contributed by atoms with van der Waals surface area (Å²) in [5.41, 5.74) is 1.05. The number of alkyl halides is 2. The lowest BCUT2D eigenvalue weighted by molar-refractivity contribution is 0.102. The normalized spacial score (nSPS) is 19.7. The van der Waals surface area contributed by atoms with E-state index in [1.165, 1.54) is 12.4 Å². The maximum Gasteiger partial charge on any atom is 0.284 e. The molecule has 7 nitrogen and oxygen atoms in total. The van der Waals surface area contributed by atoms with Gasteiger partial charge in [0.05, 0.1) is 17.9 Å². The molecular weight excluding hydrogens is 390 g/mol. The van der Waals surface area contributed by atoms with Crippen LogP contribution in [0, 0.1) is 18.8 Å². The molecule has 0 radical (unpaired) electrons. The molecule has 30 heavy (non-hydrogen) atoms. The molecule has 3 heterocycles. The standard InChI is InChI=1S/C21H26F2N6O/c1-12(2)14-4-6-15(7-5-14)28-11-17(18(27-28)19(22)23)26-21(30)16-10-25-29-13(3)8-9-24-20(16)29/h8-12,14-15,19H,4-7H2,1-3H3,(H,26,30). The summed E-state index contributed by atoms with van der Waals surface area (Å²) in [4.78, 5) is 17.0. The van der Waals surface area contributed by atoms with Gasteiger partial charge in [-0.1, -0.05) is 13.8 Å². The number of hydrogen-bond acceptors (Lipinski definition) is 4. The maximum atomic E-state index is 13.6. The van der Waals surface area contributed by atoms with Gasteiger partial charge in [-0.05, 0) is 50.5 Å². The number of carbonyl (C=O) groups is 1. The zero-order chi connectivity index (χ0) is 21.4. The lowest BCUT2D eigenvalue weighted by Crippen LogP contribution is -2.21. The predicted octanol–water partition coefficient (Wildman–Crippen LogP) is 4.81. The van der Waals surface area contributed by atoms with Crippen molar-refractivity contribution in [2.75, 3.05) is 5.32 Å². The third kappa shape index (κ3) is 3.80. The third-order valence-electron chi connectivity index (χ3n) is 6.11. The minimum Gasteiger partial charge on any atom is -0.319 e. The molecule has 0 atom stereocenters. The molecule has 3 aromatic heterocycles. The molecular formula is C21H26F2N6O. The number of amides is 1. The van der Waals surface area contributed by atoms with Crippen LogP contribution in [0.5, 0.6) is 0 Å². The van der Waals surface area contributed by atoms with Gasteiger partial charge in [-0.3, -0.25) is 9.48 Å². The van der Waals surface area contributed by atoms with Crippen LogP contribution in [0.4, 0.5) is 14.5 Å². The molecule has 4 rings (SSSR count). The SMILES string of the molecule is Cc1ccnc2c(C(=O)Nc3cn(C4CCC(C(C)C)CC4)nc3C(F)F)cnn12.